The van der Waals surface area contributed by atoms with Gasteiger partial charge in [-0.2, -0.15) is 0 Å². The van der Waals surface area contributed by atoms with E-state index in [0.717, 1.165) is 11.3 Å². The molecule has 0 fully saturated rings. The number of aromatic nitrogens is 2. The van der Waals surface area contributed by atoms with Crippen molar-refractivity contribution in [2.45, 2.75) is 13.8 Å². The highest BCUT2D eigenvalue weighted by Crippen LogP contribution is 2.30. The van der Waals surface area contributed by atoms with Crippen LogP contribution in [-0.4, -0.2) is 17.1 Å². The predicted molar refractivity (Wildman–Crippen MR) is 72.2 cm³/mol. The highest BCUT2D eigenvalue weighted by atomic mass is 16.5. The third kappa shape index (κ3) is 2.34. The van der Waals surface area contributed by atoms with Crippen LogP contribution >= 0.6 is 0 Å². The summed E-state index contributed by atoms with van der Waals surface area (Å²) in [5, 5.41) is 3.22. The van der Waals surface area contributed by atoms with Gasteiger partial charge in [-0.15, -0.1) is 0 Å². The second-order valence-electron chi connectivity index (χ2n) is 4.08. The molecule has 5 heteroatoms. The monoisotopic (exact) mass is 244 g/mol. The summed E-state index contributed by atoms with van der Waals surface area (Å²) in [6, 6.07) is 6.16. The molecular formula is C13H16N4O. The molecule has 0 aliphatic rings. The lowest BCUT2D eigenvalue weighted by Crippen LogP contribution is -2.03. The van der Waals surface area contributed by atoms with E-state index in [1.807, 2.05) is 19.9 Å². The summed E-state index contributed by atoms with van der Waals surface area (Å²) < 4.78 is 5.21. The lowest BCUT2D eigenvalue weighted by atomic mass is 10.1. The number of anilines is 3. The largest absolute Gasteiger partial charge is 0.490 e. The number of ether oxygens (including phenoxy) is 1. The van der Waals surface area contributed by atoms with Gasteiger partial charge in [0.15, 0.2) is 11.6 Å². The number of rotatable bonds is 3. The first-order chi connectivity index (χ1) is 8.61. The molecule has 3 N–H and O–H groups in total. The van der Waals surface area contributed by atoms with E-state index >= 15 is 0 Å². The highest BCUT2D eigenvalue weighted by molar-refractivity contribution is 5.69. The Morgan fingerprint density at radius 2 is 2.00 bits per heavy atom. The van der Waals surface area contributed by atoms with Crippen LogP contribution in [0, 0.1) is 13.8 Å². The number of hydrogen-bond acceptors (Lipinski definition) is 5. The van der Waals surface area contributed by atoms with Gasteiger partial charge in [-0.25, -0.2) is 9.97 Å². The molecule has 0 spiro atoms. The van der Waals surface area contributed by atoms with Gasteiger partial charge in [0.2, 0.25) is 5.75 Å². The van der Waals surface area contributed by atoms with Crippen LogP contribution in [0.1, 0.15) is 11.1 Å². The minimum atomic E-state index is 0.320. The number of benzene rings is 1. The molecular weight excluding hydrogens is 228 g/mol. The summed E-state index contributed by atoms with van der Waals surface area (Å²) in [6.45, 7) is 4.06. The molecule has 0 amide bonds. The van der Waals surface area contributed by atoms with Crippen LogP contribution in [0.3, 0.4) is 0 Å². The summed E-state index contributed by atoms with van der Waals surface area (Å²) in [5.41, 5.74) is 9.01. The minimum absolute atomic E-state index is 0.320. The lowest BCUT2D eigenvalue weighted by Gasteiger charge is -2.13. The fourth-order valence-corrected chi connectivity index (χ4v) is 1.68. The molecule has 1 aromatic carbocycles. The Bertz CT molecular complexity index is 569. The Kier molecular flexibility index (Phi) is 3.32. The van der Waals surface area contributed by atoms with Crippen molar-refractivity contribution in [3.63, 3.8) is 0 Å². The normalized spacial score (nSPS) is 10.2. The van der Waals surface area contributed by atoms with E-state index in [9.17, 15) is 0 Å². The Hall–Kier alpha value is -2.30. The van der Waals surface area contributed by atoms with E-state index in [1.165, 1.54) is 11.9 Å². The fraction of sp³-hybridized carbons (Fsp3) is 0.231. The van der Waals surface area contributed by atoms with E-state index in [4.69, 9.17) is 10.5 Å². The molecule has 1 heterocycles. The van der Waals surface area contributed by atoms with Gasteiger partial charge >= 0.3 is 0 Å². The van der Waals surface area contributed by atoms with Gasteiger partial charge in [0.25, 0.3) is 0 Å². The van der Waals surface area contributed by atoms with Crippen molar-refractivity contribution in [2.75, 3.05) is 18.2 Å². The molecule has 0 atom stereocenters. The van der Waals surface area contributed by atoms with Crippen LogP contribution in [0.25, 0.3) is 0 Å². The zero-order valence-electron chi connectivity index (χ0n) is 10.7. The topological polar surface area (TPSA) is 73.1 Å². The maximum Gasteiger partial charge on any atom is 0.204 e. The van der Waals surface area contributed by atoms with Crippen molar-refractivity contribution >= 4 is 17.3 Å². The summed E-state index contributed by atoms with van der Waals surface area (Å²) in [6.07, 6.45) is 1.41. The Balaban J connectivity index is 2.40. The van der Waals surface area contributed by atoms with Crippen molar-refractivity contribution in [2.24, 2.45) is 0 Å². The van der Waals surface area contributed by atoms with E-state index in [1.54, 1.807) is 7.11 Å². The maximum atomic E-state index is 5.74. The molecule has 2 rings (SSSR count). The van der Waals surface area contributed by atoms with Gasteiger partial charge in [0.05, 0.1) is 7.11 Å². The molecule has 0 unspecified atom stereocenters. The molecule has 0 aliphatic heterocycles. The van der Waals surface area contributed by atoms with Crippen LogP contribution in [-0.2, 0) is 0 Å². The van der Waals surface area contributed by atoms with Gasteiger partial charge in [0.1, 0.15) is 6.33 Å². The number of aryl methyl sites for hydroxylation is 2. The number of methoxy groups -OCH3 is 1. The molecule has 1 aromatic heterocycles. The van der Waals surface area contributed by atoms with Crippen LogP contribution in [0.5, 0.6) is 5.75 Å². The number of nitrogens with one attached hydrogen (secondary N) is 1. The third-order valence-corrected chi connectivity index (χ3v) is 2.68. The first-order valence-electron chi connectivity index (χ1n) is 5.60. The number of nitrogens with two attached hydrogens (primary N) is 1. The standard InChI is InChI=1S/C13H16N4O/c1-8-4-5-9(2)10(6-8)17-13-11(18-3)12(14)15-7-16-13/h4-7H,1-3H3,(H3,14,15,16,17). The quantitative estimate of drug-likeness (QED) is 0.867. The van der Waals surface area contributed by atoms with Crippen molar-refractivity contribution < 1.29 is 4.74 Å². The molecule has 0 saturated heterocycles. The zero-order valence-corrected chi connectivity index (χ0v) is 10.7. The Morgan fingerprint density at radius 3 is 2.72 bits per heavy atom. The molecule has 0 saturated carbocycles. The summed E-state index contributed by atoms with van der Waals surface area (Å²) >= 11 is 0. The van der Waals surface area contributed by atoms with Gasteiger partial charge in [-0.3, -0.25) is 0 Å². The van der Waals surface area contributed by atoms with Gasteiger partial charge in [0, 0.05) is 5.69 Å². The summed E-state index contributed by atoms with van der Waals surface area (Å²) in [4.78, 5) is 8.04. The van der Waals surface area contributed by atoms with Gasteiger partial charge in [-0.05, 0) is 31.0 Å². The number of nitrogens with zero attached hydrogens (tertiary/aromatic N) is 2. The maximum absolute atomic E-state index is 5.74. The van der Waals surface area contributed by atoms with Gasteiger partial charge in [-0.1, -0.05) is 12.1 Å². The molecule has 0 aliphatic carbocycles. The molecule has 18 heavy (non-hydrogen) atoms. The molecule has 2 aromatic rings. The Morgan fingerprint density at radius 1 is 1.22 bits per heavy atom. The van der Waals surface area contributed by atoms with Crippen LogP contribution in [0.2, 0.25) is 0 Å². The van der Waals surface area contributed by atoms with Crippen LogP contribution < -0.4 is 15.8 Å². The highest BCUT2D eigenvalue weighted by Gasteiger charge is 2.10. The summed E-state index contributed by atoms with van der Waals surface area (Å²) in [5.74, 6) is 1.34. The van der Waals surface area contributed by atoms with Crippen molar-refractivity contribution in [1.82, 2.24) is 9.97 Å². The molecule has 5 nitrogen and oxygen atoms in total. The first kappa shape index (κ1) is 12.2. The Labute approximate surface area is 106 Å². The van der Waals surface area contributed by atoms with Gasteiger partial charge < -0.3 is 15.8 Å². The zero-order chi connectivity index (χ0) is 13.1. The average Bonchev–Trinajstić information content (AvgIpc) is 2.34. The second kappa shape index (κ2) is 4.91. The smallest absolute Gasteiger partial charge is 0.204 e. The first-order valence-corrected chi connectivity index (χ1v) is 5.60. The average molecular weight is 244 g/mol. The molecule has 0 radical (unpaired) electrons. The predicted octanol–water partition coefficient (Wildman–Crippen LogP) is 2.43. The van der Waals surface area contributed by atoms with E-state index in [0.29, 0.717) is 17.4 Å². The molecule has 94 valence electrons. The summed E-state index contributed by atoms with van der Waals surface area (Å²) in [7, 11) is 1.54. The fourth-order valence-electron chi connectivity index (χ4n) is 1.68. The van der Waals surface area contributed by atoms with E-state index in [2.05, 4.69) is 27.4 Å². The van der Waals surface area contributed by atoms with E-state index < -0.39 is 0 Å². The van der Waals surface area contributed by atoms with E-state index in [-0.39, 0.29) is 0 Å². The van der Waals surface area contributed by atoms with Crippen molar-refractivity contribution in [3.05, 3.63) is 35.7 Å². The second-order valence-corrected chi connectivity index (χ2v) is 4.08. The van der Waals surface area contributed by atoms with Crippen LogP contribution in [0.15, 0.2) is 24.5 Å². The SMILES string of the molecule is COc1c(N)ncnc1Nc1cc(C)ccc1C. The molecule has 0 bridgehead atoms. The van der Waals surface area contributed by atoms with Crippen molar-refractivity contribution in [1.29, 1.82) is 0 Å². The lowest BCUT2D eigenvalue weighted by molar-refractivity contribution is 0.415. The minimum Gasteiger partial charge on any atom is -0.490 e. The number of nitrogen functional groups attached to an aromatic ring is 1. The van der Waals surface area contributed by atoms with Crippen LogP contribution in [0.4, 0.5) is 17.3 Å². The number of hydrogen-bond donors (Lipinski definition) is 2. The van der Waals surface area contributed by atoms with Crippen molar-refractivity contribution in [3.8, 4) is 5.75 Å². The third-order valence-electron chi connectivity index (χ3n) is 2.68.